The van der Waals surface area contributed by atoms with E-state index in [1.165, 1.54) is 6.92 Å². The number of carbonyl (C=O) groups is 3. The molecule has 8 nitrogen and oxygen atoms in total. The molecule has 3 rings (SSSR count). The van der Waals surface area contributed by atoms with Gasteiger partial charge in [-0.05, 0) is 41.5 Å². The highest BCUT2D eigenvalue weighted by Gasteiger charge is 2.32. The Labute approximate surface area is 193 Å². The van der Waals surface area contributed by atoms with Crippen molar-refractivity contribution >= 4 is 18.0 Å². The maximum absolute atomic E-state index is 12.7. The van der Waals surface area contributed by atoms with Gasteiger partial charge in [0.1, 0.15) is 12.6 Å². The molecule has 4 N–H and O–H groups in total. The minimum absolute atomic E-state index is 0.0458. The van der Waals surface area contributed by atoms with Gasteiger partial charge in [0.2, 0.25) is 5.91 Å². The summed E-state index contributed by atoms with van der Waals surface area (Å²) in [6.07, 6.45) is -1.77. The second kappa shape index (κ2) is 10.5. The van der Waals surface area contributed by atoms with Gasteiger partial charge in [0.05, 0.1) is 6.10 Å². The van der Waals surface area contributed by atoms with Gasteiger partial charge in [0, 0.05) is 5.92 Å². The molecule has 2 aromatic carbocycles. The number of ether oxygens (including phenoxy) is 1. The number of aliphatic carboxylic acids is 1. The number of carboxylic acid groups (broad SMARTS) is 1. The van der Waals surface area contributed by atoms with Crippen molar-refractivity contribution < 1.29 is 29.3 Å². The van der Waals surface area contributed by atoms with Crippen molar-refractivity contribution in [3.05, 3.63) is 59.7 Å². The van der Waals surface area contributed by atoms with Gasteiger partial charge < -0.3 is 25.6 Å². The molecule has 33 heavy (non-hydrogen) atoms. The smallest absolute Gasteiger partial charge is 0.407 e. The van der Waals surface area contributed by atoms with Crippen LogP contribution in [0.25, 0.3) is 11.1 Å². The van der Waals surface area contributed by atoms with E-state index < -0.39 is 36.2 Å². The molecule has 1 aliphatic rings. The Morgan fingerprint density at radius 1 is 0.939 bits per heavy atom. The van der Waals surface area contributed by atoms with E-state index in [0.717, 1.165) is 22.3 Å². The van der Waals surface area contributed by atoms with E-state index in [-0.39, 0.29) is 24.9 Å². The minimum atomic E-state index is -1.48. The molecular formula is C25H30N2O6. The van der Waals surface area contributed by atoms with E-state index in [9.17, 15) is 24.6 Å². The standard InChI is InChI=1S/C25H30N2O6/c1-14(2)12-21(23(29)27-22(15(3)28)24(30)31)26-25(32)33-13-20-18-10-6-4-8-16(18)17-9-5-7-11-19(17)20/h4-11,14-15,20-22,28H,12-13H2,1-3H3,(H,26,32)(H,27,29)(H,30,31)/t15-,21?,22+/m1/s1. The van der Waals surface area contributed by atoms with Gasteiger partial charge >= 0.3 is 12.1 Å². The fraction of sp³-hybridized carbons (Fsp3) is 0.400. The first-order chi connectivity index (χ1) is 15.7. The normalized spacial score (nSPS) is 15.2. The SMILES string of the molecule is CC(C)CC(NC(=O)OCC1c2ccccc2-c2ccccc21)C(=O)N[C@H](C(=O)O)[C@@H](C)O. The van der Waals surface area contributed by atoms with Crippen molar-refractivity contribution in [3.63, 3.8) is 0 Å². The van der Waals surface area contributed by atoms with Crippen LogP contribution in [0.2, 0.25) is 0 Å². The molecule has 0 saturated heterocycles. The average molecular weight is 455 g/mol. The molecule has 3 atom stereocenters. The first kappa shape index (κ1) is 24.3. The molecule has 0 saturated carbocycles. The van der Waals surface area contributed by atoms with Crippen LogP contribution >= 0.6 is 0 Å². The Hall–Kier alpha value is -3.39. The highest BCUT2D eigenvalue weighted by molar-refractivity contribution is 5.89. The van der Waals surface area contributed by atoms with Crippen LogP contribution in [0, 0.1) is 5.92 Å². The molecular weight excluding hydrogens is 424 g/mol. The van der Waals surface area contributed by atoms with E-state index in [1.807, 2.05) is 62.4 Å². The van der Waals surface area contributed by atoms with Crippen molar-refractivity contribution in [2.75, 3.05) is 6.61 Å². The summed E-state index contributed by atoms with van der Waals surface area (Å²) in [6.45, 7) is 5.13. The molecule has 2 aromatic rings. The average Bonchev–Trinajstić information content (AvgIpc) is 3.08. The number of hydrogen-bond donors (Lipinski definition) is 4. The highest BCUT2D eigenvalue weighted by Crippen LogP contribution is 2.44. The molecule has 8 heteroatoms. The minimum Gasteiger partial charge on any atom is -0.480 e. The van der Waals surface area contributed by atoms with Crippen molar-refractivity contribution in [1.29, 1.82) is 0 Å². The highest BCUT2D eigenvalue weighted by atomic mass is 16.5. The summed E-state index contributed by atoms with van der Waals surface area (Å²) in [5, 5.41) is 23.7. The predicted molar refractivity (Wildman–Crippen MR) is 123 cm³/mol. The lowest BCUT2D eigenvalue weighted by atomic mass is 9.98. The van der Waals surface area contributed by atoms with Crippen LogP contribution in [0.5, 0.6) is 0 Å². The molecule has 0 spiro atoms. The molecule has 1 unspecified atom stereocenters. The van der Waals surface area contributed by atoms with Gasteiger partial charge in [-0.1, -0.05) is 62.4 Å². The number of benzene rings is 2. The van der Waals surface area contributed by atoms with Crippen LogP contribution in [0.3, 0.4) is 0 Å². The summed E-state index contributed by atoms with van der Waals surface area (Å²) in [5.41, 5.74) is 4.36. The number of aliphatic hydroxyl groups is 1. The second-order valence-electron chi connectivity index (χ2n) is 8.72. The second-order valence-corrected chi connectivity index (χ2v) is 8.72. The Morgan fingerprint density at radius 3 is 1.97 bits per heavy atom. The van der Waals surface area contributed by atoms with E-state index in [1.54, 1.807) is 0 Å². The van der Waals surface area contributed by atoms with Crippen LogP contribution in [-0.2, 0) is 14.3 Å². The van der Waals surface area contributed by atoms with E-state index in [2.05, 4.69) is 10.6 Å². The zero-order valence-corrected chi connectivity index (χ0v) is 18.9. The Bertz CT molecular complexity index is 974. The molecule has 176 valence electrons. The maximum Gasteiger partial charge on any atom is 0.407 e. The fourth-order valence-electron chi connectivity index (χ4n) is 4.13. The zero-order valence-electron chi connectivity index (χ0n) is 18.9. The van der Waals surface area contributed by atoms with Crippen molar-refractivity contribution in [3.8, 4) is 11.1 Å². The summed E-state index contributed by atoms with van der Waals surface area (Å²) in [5.74, 6) is -2.12. The summed E-state index contributed by atoms with van der Waals surface area (Å²) in [4.78, 5) is 36.6. The van der Waals surface area contributed by atoms with Gasteiger partial charge in [-0.3, -0.25) is 4.79 Å². The molecule has 0 aliphatic heterocycles. The van der Waals surface area contributed by atoms with Gasteiger partial charge in [0.15, 0.2) is 6.04 Å². The third kappa shape index (κ3) is 5.70. The maximum atomic E-state index is 12.7. The summed E-state index contributed by atoms with van der Waals surface area (Å²) < 4.78 is 5.51. The van der Waals surface area contributed by atoms with Crippen LogP contribution in [0.4, 0.5) is 4.79 Å². The fourth-order valence-corrected chi connectivity index (χ4v) is 4.13. The van der Waals surface area contributed by atoms with Crippen LogP contribution in [0.15, 0.2) is 48.5 Å². The molecule has 0 radical (unpaired) electrons. The molecule has 0 aromatic heterocycles. The topological polar surface area (TPSA) is 125 Å². The number of fused-ring (bicyclic) bond motifs is 3. The van der Waals surface area contributed by atoms with Gasteiger partial charge in [-0.15, -0.1) is 0 Å². The molecule has 2 amide bonds. The number of carbonyl (C=O) groups excluding carboxylic acids is 2. The van der Waals surface area contributed by atoms with Gasteiger partial charge in [0.25, 0.3) is 0 Å². The number of carboxylic acids is 1. The van der Waals surface area contributed by atoms with Crippen LogP contribution < -0.4 is 10.6 Å². The van der Waals surface area contributed by atoms with Gasteiger partial charge in [-0.25, -0.2) is 9.59 Å². The van der Waals surface area contributed by atoms with Gasteiger partial charge in [-0.2, -0.15) is 0 Å². The number of aliphatic hydroxyl groups excluding tert-OH is 1. The lowest BCUT2D eigenvalue weighted by Crippen LogP contribution is -2.55. The number of nitrogens with one attached hydrogen (secondary N) is 2. The number of alkyl carbamates (subject to hydrolysis) is 1. The first-order valence-electron chi connectivity index (χ1n) is 11.0. The molecule has 0 fully saturated rings. The van der Waals surface area contributed by atoms with Crippen molar-refractivity contribution in [2.24, 2.45) is 5.92 Å². The van der Waals surface area contributed by atoms with E-state index in [0.29, 0.717) is 0 Å². The van der Waals surface area contributed by atoms with Crippen LogP contribution in [-0.4, -0.2) is 53.0 Å². The number of rotatable bonds is 9. The largest absolute Gasteiger partial charge is 0.480 e. The zero-order chi connectivity index (χ0) is 24.1. The van der Waals surface area contributed by atoms with Crippen LogP contribution in [0.1, 0.15) is 44.2 Å². The lowest BCUT2D eigenvalue weighted by molar-refractivity contribution is -0.145. The van der Waals surface area contributed by atoms with E-state index >= 15 is 0 Å². The lowest BCUT2D eigenvalue weighted by Gasteiger charge is -2.24. The monoisotopic (exact) mass is 454 g/mol. The third-order valence-electron chi connectivity index (χ3n) is 5.71. The molecule has 0 heterocycles. The summed E-state index contributed by atoms with van der Waals surface area (Å²) in [6, 6.07) is 13.5. The Balaban J connectivity index is 1.67. The van der Waals surface area contributed by atoms with Crippen molar-refractivity contribution in [1.82, 2.24) is 10.6 Å². The summed E-state index contributed by atoms with van der Waals surface area (Å²) in [7, 11) is 0. The molecule has 0 bridgehead atoms. The molecule has 1 aliphatic carbocycles. The Morgan fingerprint density at radius 2 is 1.48 bits per heavy atom. The first-order valence-corrected chi connectivity index (χ1v) is 11.0. The number of amides is 2. The Kier molecular flexibility index (Phi) is 7.71. The van der Waals surface area contributed by atoms with Crippen molar-refractivity contribution in [2.45, 2.75) is 51.3 Å². The quantitative estimate of drug-likeness (QED) is 0.462. The summed E-state index contributed by atoms with van der Waals surface area (Å²) >= 11 is 0. The third-order valence-corrected chi connectivity index (χ3v) is 5.71. The van der Waals surface area contributed by atoms with E-state index in [4.69, 9.17) is 4.74 Å². The number of hydrogen-bond acceptors (Lipinski definition) is 5. The predicted octanol–water partition coefficient (Wildman–Crippen LogP) is 2.89.